The molecule has 0 radical (unpaired) electrons. The zero-order valence-electron chi connectivity index (χ0n) is 14.9. The van der Waals surface area contributed by atoms with Gasteiger partial charge < -0.3 is 14.5 Å². The Morgan fingerprint density at radius 2 is 1.96 bits per heavy atom. The molecule has 27 heavy (non-hydrogen) atoms. The van der Waals surface area contributed by atoms with Crippen LogP contribution >= 0.6 is 11.3 Å². The van der Waals surface area contributed by atoms with E-state index >= 15 is 0 Å². The molecular weight excluding hydrogens is 360 g/mol. The summed E-state index contributed by atoms with van der Waals surface area (Å²) >= 11 is 1.62. The SMILES string of the molecule is O=C(C1OCCc2ccccc21)N1CCN(c2ncnc3sccc23)CC1. The Kier molecular flexibility index (Phi) is 4.26. The van der Waals surface area contributed by atoms with Gasteiger partial charge in [-0.25, -0.2) is 9.97 Å². The van der Waals surface area contributed by atoms with Crippen molar-refractivity contribution in [1.82, 2.24) is 14.9 Å². The number of nitrogens with zero attached hydrogens (tertiary/aromatic N) is 4. The Morgan fingerprint density at radius 1 is 1.11 bits per heavy atom. The second-order valence-corrected chi connectivity index (χ2v) is 7.74. The standard InChI is InChI=1S/C20H20N4O2S/c25-20(17-15-4-2-1-3-14(15)5-11-26-17)24-9-7-23(8-10-24)18-16-6-12-27-19(16)22-13-21-18/h1-4,6,12-13,17H,5,7-11H2. The highest BCUT2D eigenvalue weighted by Crippen LogP contribution is 2.30. The van der Waals surface area contributed by atoms with Crippen LogP contribution in [0.5, 0.6) is 0 Å². The Bertz CT molecular complexity index is 981. The van der Waals surface area contributed by atoms with Crippen molar-refractivity contribution in [1.29, 1.82) is 0 Å². The molecule has 1 aromatic carbocycles. The van der Waals surface area contributed by atoms with E-state index in [-0.39, 0.29) is 5.91 Å². The first kappa shape index (κ1) is 16.6. The second kappa shape index (κ2) is 6.90. The van der Waals surface area contributed by atoms with Crippen LogP contribution in [0.3, 0.4) is 0 Å². The van der Waals surface area contributed by atoms with E-state index in [1.54, 1.807) is 17.7 Å². The van der Waals surface area contributed by atoms with E-state index in [9.17, 15) is 4.79 Å². The zero-order chi connectivity index (χ0) is 18.2. The van der Waals surface area contributed by atoms with Crippen LogP contribution in [-0.4, -0.2) is 53.6 Å². The molecule has 3 aromatic rings. The summed E-state index contributed by atoms with van der Waals surface area (Å²) in [6.45, 7) is 3.49. The van der Waals surface area contributed by atoms with Gasteiger partial charge in [0.25, 0.3) is 5.91 Å². The van der Waals surface area contributed by atoms with Gasteiger partial charge in [-0.1, -0.05) is 24.3 Å². The maximum atomic E-state index is 13.1. The van der Waals surface area contributed by atoms with E-state index in [1.165, 1.54) is 5.56 Å². The summed E-state index contributed by atoms with van der Waals surface area (Å²) < 4.78 is 5.85. The Hall–Kier alpha value is -2.51. The van der Waals surface area contributed by atoms with Gasteiger partial charge in [0.1, 0.15) is 17.0 Å². The average Bonchev–Trinajstić information content (AvgIpc) is 3.22. The summed E-state index contributed by atoms with van der Waals surface area (Å²) in [5, 5.41) is 3.13. The van der Waals surface area contributed by atoms with Gasteiger partial charge in [0.2, 0.25) is 0 Å². The lowest BCUT2D eigenvalue weighted by Gasteiger charge is -2.38. The molecule has 2 aliphatic rings. The molecule has 1 saturated heterocycles. The van der Waals surface area contributed by atoms with Crippen molar-refractivity contribution in [2.75, 3.05) is 37.7 Å². The summed E-state index contributed by atoms with van der Waals surface area (Å²) in [4.78, 5) is 27.1. The van der Waals surface area contributed by atoms with E-state index in [0.717, 1.165) is 41.1 Å². The molecule has 1 atom stereocenters. The quantitative estimate of drug-likeness (QED) is 0.684. The van der Waals surface area contributed by atoms with Gasteiger partial charge in [0, 0.05) is 26.2 Å². The third-order valence-electron chi connectivity index (χ3n) is 5.35. The first-order chi connectivity index (χ1) is 13.3. The zero-order valence-corrected chi connectivity index (χ0v) is 15.7. The third-order valence-corrected chi connectivity index (χ3v) is 6.17. The van der Waals surface area contributed by atoms with Crippen LogP contribution in [0.4, 0.5) is 5.82 Å². The molecule has 0 spiro atoms. The summed E-state index contributed by atoms with van der Waals surface area (Å²) in [7, 11) is 0. The van der Waals surface area contributed by atoms with Crippen LogP contribution in [0.25, 0.3) is 10.2 Å². The number of carbonyl (C=O) groups excluding carboxylic acids is 1. The number of hydrogen-bond acceptors (Lipinski definition) is 6. The highest BCUT2D eigenvalue weighted by Gasteiger charge is 2.32. The molecule has 0 aliphatic carbocycles. The molecule has 0 saturated carbocycles. The third kappa shape index (κ3) is 2.96. The van der Waals surface area contributed by atoms with Crippen LogP contribution in [0.2, 0.25) is 0 Å². The number of carbonyl (C=O) groups is 1. The van der Waals surface area contributed by atoms with E-state index in [2.05, 4.69) is 27.0 Å². The van der Waals surface area contributed by atoms with Crippen molar-refractivity contribution in [3.8, 4) is 0 Å². The van der Waals surface area contributed by atoms with Crippen LogP contribution in [0.15, 0.2) is 42.0 Å². The predicted molar refractivity (Wildman–Crippen MR) is 105 cm³/mol. The fourth-order valence-electron chi connectivity index (χ4n) is 3.93. The van der Waals surface area contributed by atoms with Crippen LogP contribution < -0.4 is 4.90 Å². The van der Waals surface area contributed by atoms with Gasteiger partial charge in [0.05, 0.1) is 12.0 Å². The van der Waals surface area contributed by atoms with Crippen molar-refractivity contribution in [2.45, 2.75) is 12.5 Å². The number of ether oxygens (including phenoxy) is 1. The van der Waals surface area contributed by atoms with Crippen molar-refractivity contribution >= 4 is 33.3 Å². The molecule has 4 heterocycles. The number of piperazine rings is 1. The normalized spacial score (nSPS) is 19.9. The molecule has 2 aliphatic heterocycles. The summed E-state index contributed by atoms with van der Waals surface area (Å²) in [5.41, 5.74) is 2.24. The summed E-state index contributed by atoms with van der Waals surface area (Å²) in [6, 6.07) is 10.2. The molecule has 5 rings (SSSR count). The monoisotopic (exact) mass is 380 g/mol. The van der Waals surface area contributed by atoms with E-state index in [1.807, 2.05) is 28.5 Å². The van der Waals surface area contributed by atoms with Gasteiger partial charge in [-0.15, -0.1) is 11.3 Å². The van der Waals surface area contributed by atoms with Gasteiger partial charge in [0.15, 0.2) is 6.10 Å². The molecule has 7 heteroatoms. The van der Waals surface area contributed by atoms with Crippen LogP contribution in [0, 0.1) is 0 Å². The largest absolute Gasteiger partial charge is 0.363 e. The minimum absolute atomic E-state index is 0.0742. The molecule has 138 valence electrons. The second-order valence-electron chi connectivity index (χ2n) is 6.85. The van der Waals surface area contributed by atoms with Crippen molar-refractivity contribution in [2.24, 2.45) is 0 Å². The lowest BCUT2D eigenvalue weighted by molar-refractivity contribution is -0.145. The topological polar surface area (TPSA) is 58.6 Å². The lowest BCUT2D eigenvalue weighted by atomic mass is 9.96. The number of fused-ring (bicyclic) bond motifs is 2. The van der Waals surface area contributed by atoms with Crippen LogP contribution in [-0.2, 0) is 16.0 Å². The molecular formula is C20H20N4O2S. The Labute approximate surface area is 161 Å². The van der Waals surface area contributed by atoms with Crippen LogP contribution in [0.1, 0.15) is 17.2 Å². The molecule has 1 fully saturated rings. The van der Waals surface area contributed by atoms with Crippen molar-refractivity contribution < 1.29 is 9.53 Å². The number of benzene rings is 1. The maximum Gasteiger partial charge on any atom is 0.256 e. The fraction of sp³-hybridized carbons (Fsp3) is 0.350. The number of thiophene rings is 1. The first-order valence-electron chi connectivity index (χ1n) is 9.22. The number of hydrogen-bond donors (Lipinski definition) is 0. The van der Waals surface area contributed by atoms with Gasteiger partial charge in [-0.05, 0) is 29.0 Å². The number of anilines is 1. The van der Waals surface area contributed by atoms with Gasteiger partial charge in [-0.3, -0.25) is 4.79 Å². The predicted octanol–water partition coefficient (Wildman–Crippen LogP) is 2.65. The van der Waals surface area contributed by atoms with Crippen molar-refractivity contribution in [3.63, 3.8) is 0 Å². The maximum absolute atomic E-state index is 13.1. The van der Waals surface area contributed by atoms with Crippen molar-refractivity contribution in [3.05, 3.63) is 53.2 Å². The first-order valence-corrected chi connectivity index (χ1v) is 10.1. The lowest BCUT2D eigenvalue weighted by Crippen LogP contribution is -2.51. The Balaban J connectivity index is 1.31. The number of aromatic nitrogens is 2. The molecule has 0 N–H and O–H groups in total. The minimum Gasteiger partial charge on any atom is -0.363 e. The number of rotatable bonds is 2. The number of amides is 1. The van der Waals surface area contributed by atoms with E-state index in [0.29, 0.717) is 19.7 Å². The highest BCUT2D eigenvalue weighted by atomic mass is 32.1. The molecule has 6 nitrogen and oxygen atoms in total. The van der Waals surface area contributed by atoms with Gasteiger partial charge in [-0.2, -0.15) is 0 Å². The highest BCUT2D eigenvalue weighted by molar-refractivity contribution is 7.16. The van der Waals surface area contributed by atoms with Gasteiger partial charge >= 0.3 is 0 Å². The molecule has 1 unspecified atom stereocenters. The minimum atomic E-state index is -0.468. The smallest absolute Gasteiger partial charge is 0.256 e. The summed E-state index contributed by atoms with van der Waals surface area (Å²) in [6.07, 6.45) is 2.03. The average molecular weight is 380 g/mol. The summed E-state index contributed by atoms with van der Waals surface area (Å²) in [5.74, 6) is 1.04. The molecule has 0 bridgehead atoms. The Morgan fingerprint density at radius 3 is 2.85 bits per heavy atom. The molecule has 2 aromatic heterocycles. The van der Waals surface area contributed by atoms with E-state index in [4.69, 9.17) is 4.74 Å². The fourth-order valence-corrected chi connectivity index (χ4v) is 4.66. The molecule has 1 amide bonds. The van der Waals surface area contributed by atoms with E-state index < -0.39 is 6.10 Å².